The molecule has 0 heterocycles. The maximum atomic E-state index is 13.5. The molecule has 1 atom stereocenters. The third-order valence-electron chi connectivity index (χ3n) is 2.99. The summed E-state index contributed by atoms with van der Waals surface area (Å²) in [6, 6.07) is 7.19. The van der Waals surface area contributed by atoms with Crippen LogP contribution in [0.25, 0.3) is 0 Å². The molecule has 0 N–H and O–H groups in total. The summed E-state index contributed by atoms with van der Waals surface area (Å²) in [6.07, 6.45) is 4.73. The molecule has 1 unspecified atom stereocenters. The van der Waals surface area contributed by atoms with Crippen molar-refractivity contribution in [2.45, 2.75) is 45.2 Å². The van der Waals surface area contributed by atoms with E-state index in [0.29, 0.717) is 5.82 Å². The van der Waals surface area contributed by atoms with Gasteiger partial charge in [-0.3, -0.25) is 0 Å². The zero-order valence-electron chi connectivity index (χ0n) is 9.80. The lowest BCUT2D eigenvalue weighted by Crippen LogP contribution is -2.08. The Morgan fingerprint density at radius 1 is 1.27 bits per heavy atom. The van der Waals surface area contributed by atoms with Gasteiger partial charge in [0.05, 0.1) is 0 Å². The molecule has 0 bridgehead atoms. The van der Waals surface area contributed by atoms with E-state index in [9.17, 15) is 4.39 Å². The van der Waals surface area contributed by atoms with Crippen molar-refractivity contribution in [3.63, 3.8) is 0 Å². The number of rotatable bonds is 6. The molecule has 0 aliphatic heterocycles. The van der Waals surface area contributed by atoms with E-state index >= 15 is 0 Å². The average Bonchev–Trinajstić information content (AvgIpc) is 2.26. The van der Waals surface area contributed by atoms with E-state index in [1.807, 2.05) is 12.1 Å². The summed E-state index contributed by atoms with van der Waals surface area (Å²) in [6.45, 7) is 4.34. The highest BCUT2D eigenvalue weighted by molar-refractivity contribution is 6.37. The number of hydrogen-bond donors (Lipinski definition) is 0. The minimum Gasteiger partial charge on any atom is -0.207 e. The first kappa shape index (κ1) is 12.3. The van der Waals surface area contributed by atoms with Gasteiger partial charge in [0, 0.05) is 0 Å². The lowest BCUT2D eigenvalue weighted by atomic mass is 9.57. The van der Waals surface area contributed by atoms with E-state index in [-0.39, 0.29) is 5.82 Å². The summed E-state index contributed by atoms with van der Waals surface area (Å²) in [7, 11) is 1.12. The zero-order valence-corrected chi connectivity index (χ0v) is 9.80. The zero-order chi connectivity index (χ0) is 11.1. The Morgan fingerprint density at radius 2 is 2.00 bits per heavy atom. The van der Waals surface area contributed by atoms with Crippen molar-refractivity contribution in [2.75, 3.05) is 0 Å². The van der Waals surface area contributed by atoms with Crippen molar-refractivity contribution >= 4 is 7.28 Å². The molecule has 0 saturated carbocycles. The summed E-state index contributed by atoms with van der Waals surface area (Å²) >= 11 is 0. The predicted octanol–water partition coefficient (Wildman–Crippen LogP) is 3.93. The van der Waals surface area contributed by atoms with Crippen LogP contribution in [0.1, 0.15) is 44.5 Å². The van der Waals surface area contributed by atoms with E-state index < -0.39 is 0 Å². The van der Waals surface area contributed by atoms with E-state index in [0.717, 1.165) is 19.3 Å². The van der Waals surface area contributed by atoms with Crippen LogP contribution in [0.5, 0.6) is 0 Å². The van der Waals surface area contributed by atoms with Crippen LogP contribution in [0.2, 0.25) is 6.32 Å². The smallest absolute Gasteiger partial charge is 0.129 e. The molecule has 1 aromatic rings. The summed E-state index contributed by atoms with van der Waals surface area (Å²) in [4.78, 5) is 0. The second-order valence-corrected chi connectivity index (χ2v) is 4.12. The highest BCUT2D eigenvalue weighted by Gasteiger charge is 2.13. The van der Waals surface area contributed by atoms with Gasteiger partial charge in [-0.25, -0.2) is 4.39 Å². The molecule has 1 aromatic carbocycles. The second kappa shape index (κ2) is 6.65. The van der Waals surface area contributed by atoms with Crippen LogP contribution < -0.4 is 0 Å². The van der Waals surface area contributed by atoms with Gasteiger partial charge in [0.2, 0.25) is 0 Å². The van der Waals surface area contributed by atoms with Gasteiger partial charge in [0.15, 0.2) is 0 Å². The third kappa shape index (κ3) is 3.69. The fourth-order valence-electron chi connectivity index (χ4n) is 2.03. The normalized spacial score (nSPS) is 12.5. The van der Waals surface area contributed by atoms with E-state index in [4.69, 9.17) is 0 Å². The molecule has 0 nitrogen and oxygen atoms in total. The van der Waals surface area contributed by atoms with E-state index in [2.05, 4.69) is 13.8 Å². The lowest BCUT2D eigenvalue weighted by molar-refractivity contribution is 0.603. The van der Waals surface area contributed by atoms with Gasteiger partial charge in [0.1, 0.15) is 13.1 Å². The Labute approximate surface area is 93.1 Å². The molecular formula is C13H20BF. The van der Waals surface area contributed by atoms with Crippen molar-refractivity contribution in [3.8, 4) is 0 Å². The lowest BCUT2D eigenvalue weighted by Gasteiger charge is -2.14. The highest BCUT2D eigenvalue weighted by Crippen LogP contribution is 2.22. The van der Waals surface area contributed by atoms with Gasteiger partial charge in [-0.05, 0) is 17.4 Å². The molecule has 15 heavy (non-hydrogen) atoms. The number of halogens is 1. The van der Waals surface area contributed by atoms with Crippen LogP contribution in [0.15, 0.2) is 24.3 Å². The topological polar surface area (TPSA) is 0 Å². The average molecular weight is 206 g/mol. The second-order valence-electron chi connectivity index (χ2n) is 4.12. The summed E-state index contributed by atoms with van der Waals surface area (Å²) in [5.74, 6) is 0.360. The van der Waals surface area contributed by atoms with Gasteiger partial charge in [-0.2, -0.15) is 0 Å². The van der Waals surface area contributed by atoms with E-state index in [1.165, 1.54) is 19.2 Å². The van der Waals surface area contributed by atoms with Crippen LogP contribution in [0, 0.1) is 5.82 Å². The SMILES string of the molecule is CCCCBC(CC)c1ccccc1F. The Kier molecular flexibility index (Phi) is 5.45. The van der Waals surface area contributed by atoms with Crippen molar-refractivity contribution < 1.29 is 4.39 Å². The van der Waals surface area contributed by atoms with Crippen LogP contribution in [0.4, 0.5) is 4.39 Å². The van der Waals surface area contributed by atoms with Crippen LogP contribution in [0.3, 0.4) is 0 Å². The van der Waals surface area contributed by atoms with Crippen molar-refractivity contribution in [1.29, 1.82) is 0 Å². The van der Waals surface area contributed by atoms with Gasteiger partial charge in [-0.15, -0.1) is 0 Å². The molecule has 1 rings (SSSR count). The number of unbranched alkanes of at least 4 members (excludes halogenated alkanes) is 1. The molecule has 2 heteroatoms. The molecule has 0 fully saturated rings. The largest absolute Gasteiger partial charge is 0.207 e. The molecule has 0 aromatic heterocycles. The maximum absolute atomic E-state index is 13.5. The fraction of sp³-hybridized carbons (Fsp3) is 0.538. The minimum atomic E-state index is -0.0409. The van der Waals surface area contributed by atoms with Crippen molar-refractivity contribution in [3.05, 3.63) is 35.6 Å². The molecule has 0 spiro atoms. The Morgan fingerprint density at radius 3 is 2.60 bits per heavy atom. The van der Waals surface area contributed by atoms with Gasteiger partial charge in [-0.1, -0.05) is 57.6 Å². The molecule has 0 aliphatic carbocycles. The summed E-state index contributed by atoms with van der Waals surface area (Å²) < 4.78 is 13.5. The molecule has 82 valence electrons. The van der Waals surface area contributed by atoms with Crippen molar-refractivity contribution in [2.24, 2.45) is 0 Å². The number of benzene rings is 1. The summed E-state index contributed by atoms with van der Waals surface area (Å²) in [5.41, 5.74) is 0.899. The van der Waals surface area contributed by atoms with Gasteiger partial charge >= 0.3 is 0 Å². The molecule has 0 saturated heterocycles. The first-order valence-electron chi connectivity index (χ1n) is 6.04. The van der Waals surface area contributed by atoms with Crippen LogP contribution in [-0.2, 0) is 0 Å². The number of hydrogen-bond acceptors (Lipinski definition) is 0. The van der Waals surface area contributed by atoms with Crippen molar-refractivity contribution in [1.82, 2.24) is 0 Å². The quantitative estimate of drug-likeness (QED) is 0.488. The maximum Gasteiger partial charge on any atom is 0.129 e. The fourth-order valence-corrected chi connectivity index (χ4v) is 2.03. The molecule has 0 aliphatic rings. The monoisotopic (exact) mass is 206 g/mol. The first-order chi connectivity index (χ1) is 7.29. The van der Waals surface area contributed by atoms with Crippen LogP contribution >= 0.6 is 0 Å². The standard InChI is InChI=1S/C13H20BF/c1-3-5-10-14-12(4-2)11-8-6-7-9-13(11)15/h6-9,12,14H,3-5,10H2,1-2H3. The Hall–Kier alpha value is -0.785. The van der Waals surface area contributed by atoms with Gasteiger partial charge < -0.3 is 0 Å². The third-order valence-corrected chi connectivity index (χ3v) is 2.99. The molecule has 0 amide bonds. The van der Waals surface area contributed by atoms with Crippen LogP contribution in [-0.4, -0.2) is 7.28 Å². The predicted molar refractivity (Wildman–Crippen MR) is 66.3 cm³/mol. The Balaban J connectivity index is 2.61. The minimum absolute atomic E-state index is 0.0409. The molecular weight excluding hydrogens is 186 g/mol. The molecule has 0 radical (unpaired) electrons. The summed E-state index contributed by atoms with van der Waals surface area (Å²) in [5, 5.41) is 0. The Bertz CT molecular complexity index is 286. The first-order valence-corrected chi connectivity index (χ1v) is 6.04. The van der Waals surface area contributed by atoms with E-state index in [1.54, 1.807) is 12.1 Å². The highest BCUT2D eigenvalue weighted by atomic mass is 19.1. The van der Waals surface area contributed by atoms with Gasteiger partial charge in [0.25, 0.3) is 0 Å².